The molecule has 7 heteroatoms. The summed E-state index contributed by atoms with van der Waals surface area (Å²) in [5, 5.41) is 13.3. The summed E-state index contributed by atoms with van der Waals surface area (Å²) in [7, 11) is 0. The number of aliphatic hydroxyl groups is 1. The Morgan fingerprint density at radius 2 is 1.88 bits per heavy atom. The highest BCUT2D eigenvalue weighted by molar-refractivity contribution is 4.86. The van der Waals surface area contributed by atoms with Crippen molar-refractivity contribution in [3.05, 3.63) is 0 Å². The Kier molecular flexibility index (Phi) is 4.54. The first-order valence-electron chi connectivity index (χ1n) is 5.25. The van der Waals surface area contributed by atoms with Gasteiger partial charge in [-0.25, -0.2) is 5.01 Å². The number of alkyl halides is 3. The zero-order valence-electron chi connectivity index (χ0n) is 9.06. The van der Waals surface area contributed by atoms with E-state index in [1.54, 1.807) is 5.01 Å². The first-order valence-corrected chi connectivity index (χ1v) is 5.25. The summed E-state index contributed by atoms with van der Waals surface area (Å²) < 4.78 is 35.8. The lowest BCUT2D eigenvalue weighted by Crippen LogP contribution is -2.50. The Balaban J connectivity index is 2.36. The summed E-state index contributed by atoms with van der Waals surface area (Å²) in [6.45, 7) is 0.270. The molecule has 0 spiro atoms. The first-order chi connectivity index (χ1) is 7.37. The summed E-state index contributed by atoms with van der Waals surface area (Å²) >= 11 is 0. The molecule has 0 amide bonds. The van der Waals surface area contributed by atoms with Gasteiger partial charge < -0.3 is 10.4 Å². The van der Waals surface area contributed by atoms with E-state index in [2.05, 4.69) is 5.32 Å². The molecule has 0 bridgehead atoms. The predicted molar refractivity (Wildman–Crippen MR) is 53.4 cm³/mol. The third-order valence-corrected chi connectivity index (χ3v) is 3.02. The van der Waals surface area contributed by atoms with Gasteiger partial charge in [0.05, 0.1) is 13.2 Å². The van der Waals surface area contributed by atoms with Crippen LogP contribution in [0.25, 0.3) is 0 Å². The van der Waals surface area contributed by atoms with Crippen molar-refractivity contribution in [2.45, 2.75) is 19.0 Å². The third-order valence-electron chi connectivity index (χ3n) is 3.02. The quantitative estimate of drug-likeness (QED) is 0.610. The van der Waals surface area contributed by atoms with Crippen LogP contribution >= 0.6 is 0 Å². The minimum absolute atomic E-state index is 0.105. The normalized spacial score (nSPS) is 22.3. The Morgan fingerprint density at radius 1 is 1.31 bits per heavy atom. The van der Waals surface area contributed by atoms with E-state index >= 15 is 0 Å². The second-order valence-electron chi connectivity index (χ2n) is 4.41. The average molecular weight is 241 g/mol. The van der Waals surface area contributed by atoms with E-state index in [4.69, 9.17) is 5.84 Å². The molecule has 0 aliphatic carbocycles. The van der Waals surface area contributed by atoms with Crippen LogP contribution < -0.4 is 11.2 Å². The van der Waals surface area contributed by atoms with Crippen LogP contribution in [0.1, 0.15) is 12.8 Å². The van der Waals surface area contributed by atoms with Crippen molar-refractivity contribution in [2.75, 3.05) is 32.8 Å². The molecule has 0 radical (unpaired) electrons. The molecule has 1 fully saturated rings. The minimum atomic E-state index is -4.20. The van der Waals surface area contributed by atoms with Crippen LogP contribution in [0.5, 0.6) is 0 Å². The van der Waals surface area contributed by atoms with E-state index in [-0.39, 0.29) is 13.2 Å². The van der Waals surface area contributed by atoms with Crippen molar-refractivity contribution in [3.63, 3.8) is 0 Å². The van der Waals surface area contributed by atoms with Crippen LogP contribution in [0.3, 0.4) is 0 Å². The Labute approximate surface area is 92.6 Å². The maximum absolute atomic E-state index is 11.9. The van der Waals surface area contributed by atoms with Gasteiger partial charge in [-0.3, -0.25) is 5.84 Å². The lowest BCUT2D eigenvalue weighted by Gasteiger charge is -2.39. The molecule has 1 rings (SSSR count). The van der Waals surface area contributed by atoms with Crippen LogP contribution in [-0.4, -0.2) is 49.1 Å². The van der Waals surface area contributed by atoms with Crippen molar-refractivity contribution in [2.24, 2.45) is 11.3 Å². The molecule has 1 heterocycles. The van der Waals surface area contributed by atoms with Crippen molar-refractivity contribution < 1.29 is 18.3 Å². The second kappa shape index (κ2) is 5.31. The fourth-order valence-corrected chi connectivity index (χ4v) is 1.86. The van der Waals surface area contributed by atoms with Gasteiger partial charge in [-0.05, 0) is 12.8 Å². The molecule has 0 unspecified atom stereocenters. The molecular weight excluding hydrogens is 223 g/mol. The molecule has 1 aliphatic heterocycles. The van der Waals surface area contributed by atoms with E-state index < -0.39 is 18.1 Å². The van der Waals surface area contributed by atoms with Gasteiger partial charge in [0.15, 0.2) is 0 Å². The molecule has 4 N–H and O–H groups in total. The summed E-state index contributed by atoms with van der Waals surface area (Å²) in [6.07, 6.45) is -2.97. The maximum Gasteiger partial charge on any atom is 0.401 e. The highest BCUT2D eigenvalue weighted by Gasteiger charge is 2.34. The summed E-state index contributed by atoms with van der Waals surface area (Å²) in [6, 6.07) is 0. The molecule has 1 aliphatic rings. The number of piperidine rings is 1. The summed E-state index contributed by atoms with van der Waals surface area (Å²) in [5.74, 6) is 5.56. The molecular formula is C9H18F3N3O. The zero-order chi connectivity index (χ0) is 12.2. The molecule has 96 valence electrons. The Bertz CT molecular complexity index is 215. The molecule has 1 saturated heterocycles. The third kappa shape index (κ3) is 4.25. The number of nitrogens with one attached hydrogen (secondary N) is 1. The molecule has 0 aromatic carbocycles. The van der Waals surface area contributed by atoms with E-state index in [1.165, 1.54) is 0 Å². The number of halogens is 3. The highest BCUT2D eigenvalue weighted by atomic mass is 19.4. The highest BCUT2D eigenvalue weighted by Crippen LogP contribution is 2.29. The molecule has 16 heavy (non-hydrogen) atoms. The number of nitrogens with two attached hydrogens (primary N) is 1. The van der Waals surface area contributed by atoms with Gasteiger partial charge in [0.25, 0.3) is 0 Å². The SMILES string of the molecule is NN1CCC(CO)(CNCC(F)(F)F)CC1. The Hall–Kier alpha value is -0.370. The van der Waals surface area contributed by atoms with E-state index in [1.807, 2.05) is 0 Å². The van der Waals surface area contributed by atoms with Gasteiger partial charge in [-0.2, -0.15) is 13.2 Å². The van der Waals surface area contributed by atoms with Crippen molar-refractivity contribution in [1.29, 1.82) is 0 Å². The van der Waals surface area contributed by atoms with Gasteiger partial charge in [0.2, 0.25) is 0 Å². The second-order valence-corrected chi connectivity index (χ2v) is 4.41. The number of nitrogens with zero attached hydrogens (tertiary/aromatic N) is 1. The van der Waals surface area contributed by atoms with Crippen LogP contribution in [0, 0.1) is 5.41 Å². The van der Waals surface area contributed by atoms with Crippen LogP contribution in [-0.2, 0) is 0 Å². The van der Waals surface area contributed by atoms with Crippen molar-refractivity contribution >= 4 is 0 Å². The van der Waals surface area contributed by atoms with Crippen LogP contribution in [0.2, 0.25) is 0 Å². The summed E-state index contributed by atoms with van der Waals surface area (Å²) in [5.41, 5.74) is -0.457. The van der Waals surface area contributed by atoms with Crippen LogP contribution in [0.4, 0.5) is 13.2 Å². The topological polar surface area (TPSA) is 61.5 Å². The standard InChI is InChI=1S/C9H18F3N3O/c10-9(11,12)6-14-5-8(7-16)1-3-15(13)4-2-8/h14,16H,1-7,13H2. The largest absolute Gasteiger partial charge is 0.401 e. The molecule has 0 saturated carbocycles. The molecule has 0 aromatic heterocycles. The summed E-state index contributed by atoms with van der Waals surface area (Å²) in [4.78, 5) is 0. The minimum Gasteiger partial charge on any atom is -0.396 e. The van der Waals surface area contributed by atoms with Crippen molar-refractivity contribution in [1.82, 2.24) is 10.3 Å². The first kappa shape index (κ1) is 13.7. The van der Waals surface area contributed by atoms with E-state index in [0.717, 1.165) is 0 Å². The van der Waals surface area contributed by atoms with Gasteiger partial charge in [0, 0.05) is 25.0 Å². The van der Waals surface area contributed by atoms with E-state index in [9.17, 15) is 18.3 Å². The molecule has 0 aromatic rings. The van der Waals surface area contributed by atoms with Gasteiger partial charge in [-0.1, -0.05) is 0 Å². The lowest BCUT2D eigenvalue weighted by atomic mass is 9.79. The number of hydrogen-bond donors (Lipinski definition) is 3. The van der Waals surface area contributed by atoms with E-state index in [0.29, 0.717) is 25.9 Å². The zero-order valence-corrected chi connectivity index (χ0v) is 9.06. The molecule has 0 atom stereocenters. The fourth-order valence-electron chi connectivity index (χ4n) is 1.86. The molecule has 4 nitrogen and oxygen atoms in total. The number of aliphatic hydroxyl groups excluding tert-OH is 1. The number of hydrogen-bond acceptors (Lipinski definition) is 4. The van der Waals surface area contributed by atoms with Crippen LogP contribution in [0.15, 0.2) is 0 Å². The fraction of sp³-hybridized carbons (Fsp3) is 1.00. The lowest BCUT2D eigenvalue weighted by molar-refractivity contribution is -0.126. The predicted octanol–water partition coefficient (Wildman–Crippen LogP) is 0.0865. The van der Waals surface area contributed by atoms with Gasteiger partial charge in [-0.15, -0.1) is 0 Å². The average Bonchev–Trinajstić information content (AvgIpc) is 2.20. The van der Waals surface area contributed by atoms with Gasteiger partial charge in [0.1, 0.15) is 0 Å². The number of hydrazine groups is 1. The Morgan fingerprint density at radius 3 is 2.31 bits per heavy atom. The van der Waals surface area contributed by atoms with Gasteiger partial charge >= 0.3 is 6.18 Å². The maximum atomic E-state index is 11.9. The number of rotatable bonds is 4. The van der Waals surface area contributed by atoms with Crippen molar-refractivity contribution in [3.8, 4) is 0 Å². The smallest absolute Gasteiger partial charge is 0.396 e. The monoisotopic (exact) mass is 241 g/mol.